The van der Waals surface area contributed by atoms with Crippen molar-refractivity contribution in [1.29, 1.82) is 0 Å². The van der Waals surface area contributed by atoms with Crippen molar-refractivity contribution >= 4 is 5.69 Å². The van der Waals surface area contributed by atoms with Gasteiger partial charge in [-0.15, -0.1) is 0 Å². The number of allylic oxidation sites excluding steroid dienone is 4. The van der Waals surface area contributed by atoms with Gasteiger partial charge in [-0.25, -0.2) is 0 Å². The lowest BCUT2D eigenvalue weighted by Crippen LogP contribution is -2.29. The smallest absolute Gasteiger partial charge is 0.0733 e. The average molecular weight is 440 g/mol. The number of hydrogen-bond donors (Lipinski definition) is 1. The van der Waals surface area contributed by atoms with Crippen LogP contribution in [-0.4, -0.2) is 0 Å². The first-order valence-electron chi connectivity index (χ1n) is 12.2. The van der Waals surface area contributed by atoms with Gasteiger partial charge in [-0.05, 0) is 63.8 Å². The summed E-state index contributed by atoms with van der Waals surface area (Å²) in [5.41, 5.74) is 17.6. The lowest BCUT2D eigenvalue weighted by Gasteiger charge is -2.34. The van der Waals surface area contributed by atoms with Gasteiger partial charge in [0.05, 0.1) is 5.41 Å². The van der Waals surface area contributed by atoms with Crippen LogP contribution in [0.1, 0.15) is 41.2 Å². The predicted octanol–water partition coefficient (Wildman–Crippen LogP) is 7.70. The van der Waals surface area contributed by atoms with Gasteiger partial charge in [-0.2, -0.15) is 0 Å². The summed E-state index contributed by atoms with van der Waals surface area (Å²) in [7, 11) is 0. The third-order valence-electron chi connectivity index (χ3n) is 7.44. The molecule has 2 aliphatic rings. The first-order valence-corrected chi connectivity index (χ1v) is 12.2. The van der Waals surface area contributed by atoms with E-state index in [4.69, 9.17) is 5.73 Å². The van der Waals surface area contributed by atoms with Crippen LogP contribution < -0.4 is 5.73 Å². The molecule has 6 rings (SSSR count). The van der Waals surface area contributed by atoms with Crippen LogP contribution in [0.25, 0.3) is 11.1 Å². The zero-order valence-electron chi connectivity index (χ0n) is 19.5. The quantitative estimate of drug-likeness (QED) is 0.285. The third kappa shape index (κ3) is 3.15. The molecule has 0 aromatic heterocycles. The number of fused-ring (bicyclic) bond motifs is 3. The largest absolute Gasteiger partial charge is 0.398 e. The topological polar surface area (TPSA) is 26.0 Å². The maximum absolute atomic E-state index is 6.99. The summed E-state index contributed by atoms with van der Waals surface area (Å²) in [4.78, 5) is 0. The zero-order chi connectivity index (χ0) is 23.1. The molecule has 0 fully saturated rings. The van der Waals surface area contributed by atoms with Gasteiger partial charge >= 0.3 is 0 Å². The monoisotopic (exact) mass is 439 g/mol. The van der Waals surface area contributed by atoms with E-state index in [1.54, 1.807) is 0 Å². The van der Waals surface area contributed by atoms with Gasteiger partial charge in [0.2, 0.25) is 0 Å². The van der Waals surface area contributed by atoms with E-state index in [-0.39, 0.29) is 0 Å². The van der Waals surface area contributed by atoms with Crippen molar-refractivity contribution in [2.45, 2.75) is 25.2 Å². The number of nitrogens with two attached hydrogens (primary N) is 1. The van der Waals surface area contributed by atoms with Crippen molar-refractivity contribution in [3.63, 3.8) is 0 Å². The Morgan fingerprint density at radius 2 is 1.44 bits per heavy atom. The molecule has 2 N–H and O–H groups in total. The molecular weight excluding hydrogens is 410 g/mol. The highest BCUT2D eigenvalue weighted by molar-refractivity contribution is 5.90. The van der Waals surface area contributed by atoms with Crippen molar-refractivity contribution in [3.05, 3.63) is 149 Å². The fourth-order valence-corrected chi connectivity index (χ4v) is 5.92. The van der Waals surface area contributed by atoms with Crippen LogP contribution >= 0.6 is 0 Å². The molecule has 0 saturated carbocycles. The van der Waals surface area contributed by atoms with Crippen LogP contribution in [0.15, 0.2) is 121 Å². The minimum atomic E-state index is -0.434. The maximum Gasteiger partial charge on any atom is 0.0733 e. The Kier molecular flexibility index (Phi) is 4.99. The summed E-state index contributed by atoms with van der Waals surface area (Å²) in [5, 5.41) is 0. The highest BCUT2D eigenvalue weighted by Crippen LogP contribution is 2.58. The molecule has 0 radical (unpaired) electrons. The van der Waals surface area contributed by atoms with Gasteiger partial charge in [0, 0.05) is 11.3 Å². The van der Waals surface area contributed by atoms with Crippen LogP contribution in [0.5, 0.6) is 0 Å². The third-order valence-corrected chi connectivity index (χ3v) is 7.44. The molecule has 4 aromatic carbocycles. The molecule has 0 aliphatic heterocycles. The van der Waals surface area contributed by atoms with E-state index >= 15 is 0 Å². The minimum absolute atomic E-state index is 0.434. The van der Waals surface area contributed by atoms with E-state index in [1.165, 1.54) is 44.5 Å². The molecule has 0 spiro atoms. The van der Waals surface area contributed by atoms with Crippen molar-refractivity contribution in [3.8, 4) is 11.1 Å². The Morgan fingerprint density at radius 3 is 2.09 bits per heavy atom. The predicted molar refractivity (Wildman–Crippen MR) is 143 cm³/mol. The van der Waals surface area contributed by atoms with Gasteiger partial charge in [-0.3, -0.25) is 0 Å². The molecule has 1 heteroatoms. The lowest BCUT2D eigenvalue weighted by atomic mass is 9.67. The second kappa shape index (κ2) is 8.18. The fourth-order valence-electron chi connectivity index (χ4n) is 5.92. The number of anilines is 1. The molecule has 1 nitrogen and oxygen atoms in total. The van der Waals surface area contributed by atoms with Crippen LogP contribution in [-0.2, 0) is 11.8 Å². The van der Waals surface area contributed by atoms with Gasteiger partial charge < -0.3 is 5.73 Å². The Morgan fingerprint density at radius 1 is 0.794 bits per heavy atom. The van der Waals surface area contributed by atoms with Crippen LogP contribution in [0, 0.1) is 5.92 Å². The first kappa shape index (κ1) is 20.7. The van der Waals surface area contributed by atoms with E-state index in [0.717, 1.165) is 18.5 Å². The minimum Gasteiger partial charge on any atom is -0.398 e. The number of rotatable bonds is 4. The Bertz CT molecular complexity index is 1370. The van der Waals surface area contributed by atoms with Crippen LogP contribution in [0.3, 0.4) is 0 Å². The summed E-state index contributed by atoms with van der Waals surface area (Å²) in [6.07, 6.45) is 8.99. The second-order valence-electron chi connectivity index (χ2n) is 9.66. The van der Waals surface area contributed by atoms with Gasteiger partial charge in [0.15, 0.2) is 0 Å². The molecule has 166 valence electrons. The molecule has 0 saturated heterocycles. The first-order chi connectivity index (χ1) is 16.7. The number of benzene rings is 4. The normalized spacial score (nSPS) is 17.7. The molecule has 0 heterocycles. The van der Waals surface area contributed by atoms with E-state index in [9.17, 15) is 0 Å². The van der Waals surface area contributed by atoms with E-state index in [0.29, 0.717) is 5.92 Å². The maximum atomic E-state index is 6.99. The van der Waals surface area contributed by atoms with E-state index < -0.39 is 5.41 Å². The average Bonchev–Trinajstić information content (AvgIpc) is 3.18. The van der Waals surface area contributed by atoms with Crippen molar-refractivity contribution in [1.82, 2.24) is 0 Å². The van der Waals surface area contributed by atoms with Gasteiger partial charge in [0.1, 0.15) is 0 Å². The zero-order valence-corrected chi connectivity index (χ0v) is 19.5. The Hall–Kier alpha value is -3.84. The van der Waals surface area contributed by atoms with Crippen molar-refractivity contribution in [2.24, 2.45) is 5.92 Å². The molecule has 4 aromatic rings. The summed E-state index contributed by atoms with van der Waals surface area (Å²) in [5.74, 6) is 0.623. The highest BCUT2D eigenvalue weighted by atomic mass is 14.6. The summed E-state index contributed by atoms with van der Waals surface area (Å²) >= 11 is 0. The Balaban J connectivity index is 1.61. The SMILES string of the molecule is CC1C=CC(Cc2cc(N)c3c(c2)-c2ccccc2C3(c2ccccc2)c2ccccc2)=CC1. The lowest BCUT2D eigenvalue weighted by molar-refractivity contribution is 0.728. The van der Waals surface area contributed by atoms with Crippen LogP contribution in [0.2, 0.25) is 0 Å². The number of nitrogen functional groups attached to an aromatic ring is 1. The molecule has 1 atom stereocenters. The molecule has 2 aliphatic carbocycles. The van der Waals surface area contributed by atoms with E-state index in [2.05, 4.69) is 122 Å². The van der Waals surface area contributed by atoms with Crippen molar-refractivity contribution < 1.29 is 0 Å². The summed E-state index contributed by atoms with van der Waals surface area (Å²) in [6.45, 7) is 2.26. The van der Waals surface area contributed by atoms with Gasteiger partial charge in [0.25, 0.3) is 0 Å². The molecular formula is C33H29N. The molecule has 34 heavy (non-hydrogen) atoms. The molecule has 1 unspecified atom stereocenters. The van der Waals surface area contributed by atoms with Crippen LogP contribution in [0.4, 0.5) is 5.69 Å². The second-order valence-corrected chi connectivity index (χ2v) is 9.66. The molecule has 0 bridgehead atoms. The summed E-state index contributed by atoms with van der Waals surface area (Å²) in [6, 6.07) is 35.1. The highest BCUT2D eigenvalue weighted by Gasteiger charge is 2.47. The fraction of sp³-hybridized carbons (Fsp3) is 0.152. The Labute approximate surface area is 202 Å². The standard InChI is InChI=1S/C33H29N/c1-23-16-18-24(19-17-23)20-25-21-29-28-14-8-9-15-30(28)33(32(29)31(34)22-25,26-10-4-2-5-11-26)27-12-6-3-7-13-27/h2-16,18-19,21-23H,17,20,34H2,1H3. The van der Waals surface area contributed by atoms with Gasteiger partial charge in [-0.1, -0.05) is 116 Å². The summed E-state index contributed by atoms with van der Waals surface area (Å²) < 4.78 is 0. The molecule has 0 amide bonds. The van der Waals surface area contributed by atoms with E-state index in [1.807, 2.05) is 0 Å². The number of hydrogen-bond acceptors (Lipinski definition) is 1. The van der Waals surface area contributed by atoms with Crippen molar-refractivity contribution in [2.75, 3.05) is 5.73 Å².